The molecule has 0 aliphatic carbocycles. The number of nitrogens with zero attached hydrogens (tertiary/aromatic N) is 15. The maximum atomic E-state index is 11.5. The van der Waals surface area contributed by atoms with Crippen molar-refractivity contribution in [3.63, 3.8) is 0 Å². The van der Waals surface area contributed by atoms with Crippen LogP contribution in [0.2, 0.25) is 10.3 Å². The molecule has 29 nitrogen and oxygen atoms in total. The van der Waals surface area contributed by atoms with Gasteiger partial charge in [0.05, 0.1) is 86.8 Å². The van der Waals surface area contributed by atoms with Crippen LogP contribution in [0, 0.1) is 0 Å². The molecule has 34 heteroatoms. The van der Waals surface area contributed by atoms with Crippen molar-refractivity contribution in [1.82, 2.24) is 73.5 Å². The molecule has 0 saturated carbocycles. The van der Waals surface area contributed by atoms with Gasteiger partial charge in [0.25, 0.3) is 0 Å². The van der Waals surface area contributed by atoms with Crippen LogP contribution >= 0.6 is 57.2 Å². The lowest BCUT2D eigenvalue weighted by atomic mass is 9.89. The van der Waals surface area contributed by atoms with Gasteiger partial charge in [0.2, 0.25) is 17.2 Å². The monoisotopic (exact) mass is 1650 g/mol. The number of Topliss-reactive ketones (excluding diaryl/α,β-unsaturated/α-hetero) is 3. The molecule has 0 aromatic carbocycles. The van der Waals surface area contributed by atoms with Gasteiger partial charge in [-0.25, -0.2) is 29.9 Å². The molecule has 15 heterocycles. The summed E-state index contributed by atoms with van der Waals surface area (Å²) in [5.41, 5.74) is 14.6. The van der Waals surface area contributed by atoms with Gasteiger partial charge in [-0.05, 0) is 86.1 Å². The van der Waals surface area contributed by atoms with Crippen molar-refractivity contribution in [2.24, 2.45) is 21.1 Å². The van der Waals surface area contributed by atoms with Crippen molar-refractivity contribution in [3.05, 3.63) is 133 Å². The number of carbonyl (C=O) groups excluding carboxylic acids is 3. The molecule has 12 aromatic heterocycles. The van der Waals surface area contributed by atoms with E-state index in [2.05, 4.69) is 118 Å². The lowest BCUT2D eigenvalue weighted by Crippen LogP contribution is -2.14. The largest absolute Gasteiger partial charge is 0.491 e. The maximum absolute atomic E-state index is 11.5. The molecule has 602 valence electrons. The lowest BCUT2D eigenvalue weighted by molar-refractivity contribution is -0.117. The first-order chi connectivity index (χ1) is 54.2. The van der Waals surface area contributed by atoms with Crippen molar-refractivity contribution in [2.45, 2.75) is 156 Å². The Labute approximate surface area is 682 Å². The standard InChI is InChI=1S/C27H32N6O4S.C26H29ClN6O3S.C16H15ClN4O3.C11H18N2OS/c1-15(34)11-17-12-18(7-9-28-17)37-19-13-29-24-21(22(19)35-6)33(5)25(31-24)32-26-30-20(16-8-10-36-14-16)23(38-26)27(2,3)4;1-14(34)10-16-11-17(6-8-28-16)36-18-12-29-23-21(19(18)27)33(5)24(31-23)32-25-30-20(15-7-9-35-13-15)22(37-25)26(2,3)4;1-9(22)6-10-7-11(4-5-18-10)24-12-8-19-15-13(14(12)23-3)21(2)16(17)20-15;1-11(2,3)9-8(13-10(12)15-9)7-4-5-14-6-7/h7,9,12-13,16H,8,10-11,14H2,1-6H3,(H,29,30,31,32);6,8,11-12,15H,7,9-10,13H2,1-5H3,(H,29,30,31,32);4-5,7-8H,6H2,1-3H3;7H,4-6H2,1-3H3,(H2,12,13). The molecule has 0 spiro atoms. The Morgan fingerprint density at radius 2 is 0.842 bits per heavy atom. The van der Waals surface area contributed by atoms with Gasteiger partial charge in [-0.1, -0.05) is 73.9 Å². The van der Waals surface area contributed by atoms with Crippen LogP contribution in [-0.4, -0.2) is 145 Å². The van der Waals surface area contributed by atoms with E-state index in [9.17, 15) is 14.4 Å². The van der Waals surface area contributed by atoms with Crippen LogP contribution in [0.15, 0.2) is 73.6 Å². The van der Waals surface area contributed by atoms with Gasteiger partial charge in [0, 0.05) is 129 Å². The SMILES string of the molecule is CC(=O)Cc1cc(Oc2cnc3nc(Nc4nc(C5CCOC5)c(C(C)(C)C)s4)n(C)c3c2Cl)ccn1.CC(C)(C)c1sc(N)nc1C1CCOC1.COc1c(Oc2ccnc(CC(C)=O)c2)cnc2nc(Cl)n(C)c12.COc1c(Oc2ccnc(CC(C)=O)c2)cnc2nc(Nc3nc(C4CCOC4)c(C(C)(C)C)s3)n(C)c12. The molecule has 0 bridgehead atoms. The van der Waals surface area contributed by atoms with Gasteiger partial charge in [0.15, 0.2) is 61.1 Å². The summed E-state index contributed by atoms with van der Waals surface area (Å²) in [6.07, 6.45) is 13.2. The van der Waals surface area contributed by atoms with Gasteiger partial charge in [-0.2, -0.15) is 15.0 Å². The highest BCUT2D eigenvalue weighted by Gasteiger charge is 2.34. The number of anilines is 5. The summed E-state index contributed by atoms with van der Waals surface area (Å²) in [6.45, 7) is 29.0. The van der Waals surface area contributed by atoms with Crippen molar-refractivity contribution in [2.75, 3.05) is 70.2 Å². The second-order valence-corrected chi connectivity index (χ2v) is 34.7. The van der Waals surface area contributed by atoms with Crippen LogP contribution < -0.4 is 40.1 Å². The van der Waals surface area contributed by atoms with Gasteiger partial charge < -0.3 is 68.0 Å². The number of nitrogen functional groups attached to an aromatic ring is 1. The topological polar surface area (TPSA) is 345 Å². The molecule has 12 aromatic rings. The number of hydrogen-bond acceptors (Lipinski definition) is 29. The Hall–Kier alpha value is -9.93. The summed E-state index contributed by atoms with van der Waals surface area (Å²) < 4.78 is 51.3. The number of carbonyl (C=O) groups is 3. The van der Waals surface area contributed by atoms with Gasteiger partial charge >= 0.3 is 0 Å². The predicted molar refractivity (Wildman–Crippen MR) is 443 cm³/mol. The number of hydrogen-bond donors (Lipinski definition) is 3. The summed E-state index contributed by atoms with van der Waals surface area (Å²) >= 11 is 17.7. The molecule has 15 rings (SSSR count). The first-order valence-electron chi connectivity index (χ1n) is 37.1. The smallest absolute Gasteiger partial charge is 0.211 e. The van der Waals surface area contributed by atoms with E-state index >= 15 is 0 Å². The third-order valence-corrected chi connectivity index (χ3v) is 23.4. The minimum atomic E-state index is -0.0316. The Morgan fingerprint density at radius 3 is 1.22 bits per heavy atom. The zero-order valence-electron chi connectivity index (χ0n) is 66.9. The number of fused-ring (bicyclic) bond motifs is 3. The average molecular weight is 1650 g/mol. The number of halogens is 2. The quantitative estimate of drug-likeness (QED) is 0.0601. The van der Waals surface area contributed by atoms with E-state index in [1.165, 1.54) is 54.4 Å². The predicted octanol–water partition coefficient (Wildman–Crippen LogP) is 16.7. The zero-order valence-corrected chi connectivity index (χ0v) is 70.9. The van der Waals surface area contributed by atoms with Gasteiger partial charge in [-0.3, -0.25) is 29.3 Å². The minimum Gasteiger partial charge on any atom is -0.491 e. The Bertz CT molecular complexity index is 5480. The number of aromatic nitrogens is 15. The number of methoxy groups -OCH3 is 2. The Morgan fingerprint density at radius 1 is 0.491 bits per heavy atom. The number of imidazole rings is 3. The van der Waals surface area contributed by atoms with E-state index in [4.69, 9.17) is 81.8 Å². The minimum absolute atomic E-state index is 0.0271. The fraction of sp³-hybridized carbons (Fsp3) is 0.438. The molecule has 3 atom stereocenters. The number of ether oxygens (including phenoxy) is 8. The molecular formula is C80H94Cl2N18O11S3. The number of nitrogens with two attached hydrogens (primary N) is 1. The summed E-state index contributed by atoms with van der Waals surface area (Å²) in [7, 11) is 8.66. The summed E-state index contributed by atoms with van der Waals surface area (Å²) in [5.74, 6) is 6.15. The molecule has 3 unspecified atom stereocenters. The van der Waals surface area contributed by atoms with Crippen molar-refractivity contribution in [1.29, 1.82) is 0 Å². The molecule has 3 fully saturated rings. The molecule has 114 heavy (non-hydrogen) atoms. The normalized spacial score (nSPS) is 15.6. The van der Waals surface area contributed by atoms with Crippen LogP contribution in [0.1, 0.15) is 169 Å². The van der Waals surface area contributed by atoms with Crippen LogP contribution in [0.25, 0.3) is 33.5 Å². The van der Waals surface area contributed by atoms with Gasteiger partial charge in [-0.15, -0.1) is 34.0 Å². The summed E-state index contributed by atoms with van der Waals surface area (Å²) in [4.78, 5) is 91.8. The third kappa shape index (κ3) is 19.7. The van der Waals surface area contributed by atoms with Crippen molar-refractivity contribution < 1.29 is 52.3 Å². The van der Waals surface area contributed by atoms with Crippen LogP contribution in [0.4, 0.5) is 27.3 Å². The average Bonchev–Trinajstić information content (AvgIpc) is 1.62. The molecule has 3 saturated heterocycles. The van der Waals surface area contributed by atoms with Crippen LogP contribution in [0.3, 0.4) is 0 Å². The van der Waals surface area contributed by atoms with E-state index in [0.29, 0.717) is 155 Å². The number of nitrogens with one attached hydrogen (secondary N) is 2. The highest BCUT2D eigenvalue weighted by molar-refractivity contribution is 7.16. The van der Waals surface area contributed by atoms with Crippen LogP contribution in [-0.2, 0) is 85.2 Å². The fourth-order valence-corrected chi connectivity index (χ4v) is 16.8. The maximum Gasteiger partial charge on any atom is 0.211 e. The highest BCUT2D eigenvalue weighted by Crippen LogP contribution is 2.46. The molecule has 0 radical (unpaired) electrons. The molecule has 3 aliphatic rings. The molecular weight excluding hydrogens is 1560 g/mol. The number of rotatable bonds is 21. The Balaban J connectivity index is 0.000000148. The fourth-order valence-electron chi connectivity index (χ4n) is 13.2. The zero-order chi connectivity index (χ0) is 81.7. The Kier molecular flexibility index (Phi) is 26.0. The lowest BCUT2D eigenvalue weighted by Gasteiger charge is -2.19. The molecule has 3 aliphatic heterocycles. The summed E-state index contributed by atoms with van der Waals surface area (Å²) in [6, 6.07) is 10.3. The number of thiazole rings is 3. The van der Waals surface area contributed by atoms with Gasteiger partial charge in [0.1, 0.15) is 56.2 Å². The van der Waals surface area contributed by atoms with E-state index in [1.54, 1.807) is 120 Å². The second kappa shape index (κ2) is 35.4. The van der Waals surface area contributed by atoms with E-state index in [1.807, 2.05) is 23.2 Å². The summed E-state index contributed by atoms with van der Waals surface area (Å²) in [5, 5.41) is 9.71. The van der Waals surface area contributed by atoms with Crippen molar-refractivity contribution in [3.8, 4) is 46.0 Å². The van der Waals surface area contributed by atoms with Crippen molar-refractivity contribution >= 4 is 135 Å². The number of pyridine rings is 6. The van der Waals surface area contributed by atoms with E-state index in [-0.39, 0.29) is 52.9 Å². The molecule has 0 amide bonds. The first-order valence-corrected chi connectivity index (χ1v) is 40.3. The van der Waals surface area contributed by atoms with E-state index < -0.39 is 0 Å². The molecule has 4 N–H and O–H groups in total. The number of ketones is 3. The van der Waals surface area contributed by atoms with Crippen LogP contribution in [0.5, 0.6) is 46.0 Å². The highest BCUT2D eigenvalue weighted by atomic mass is 35.5. The van der Waals surface area contributed by atoms with E-state index in [0.717, 1.165) is 67.3 Å². The third-order valence-electron chi connectivity index (χ3n) is 18.5. The second-order valence-electron chi connectivity index (χ2n) is 31.0. The number of aryl methyl sites for hydroxylation is 3. The first kappa shape index (κ1) is 83.5.